The number of pyridine rings is 1. The molecule has 1 saturated heterocycles. The number of morpholine rings is 1. The first kappa shape index (κ1) is 12.4. The van der Waals surface area contributed by atoms with E-state index in [4.69, 9.17) is 9.72 Å². The zero-order valence-corrected chi connectivity index (χ0v) is 11.4. The summed E-state index contributed by atoms with van der Waals surface area (Å²) < 4.78 is 5.69. The number of anilines is 1. The Morgan fingerprint density at radius 2 is 2.42 bits per heavy atom. The highest BCUT2D eigenvalue weighted by Gasteiger charge is 2.24. The molecular formula is C15H19N3O. The van der Waals surface area contributed by atoms with E-state index in [0.29, 0.717) is 0 Å². The molecule has 100 valence electrons. The molecule has 4 nitrogen and oxygen atoms in total. The Kier molecular flexibility index (Phi) is 3.39. The smallest absolute Gasteiger partial charge is 0.147 e. The molecule has 0 bridgehead atoms. The standard InChI is InChI=1S/C15H19N3O/c1-2-13-10-18(6-7-19-13)15-12(9-16)8-11-4-3-5-14(11)17-15/h8,13H,2-7,10H2,1H3. The van der Waals surface area contributed by atoms with Gasteiger partial charge in [0.15, 0.2) is 0 Å². The molecule has 1 aromatic rings. The van der Waals surface area contributed by atoms with E-state index < -0.39 is 0 Å². The average Bonchev–Trinajstić information content (AvgIpc) is 2.93. The van der Waals surface area contributed by atoms with Crippen molar-refractivity contribution in [3.8, 4) is 6.07 Å². The molecule has 0 saturated carbocycles. The van der Waals surface area contributed by atoms with Crippen LogP contribution in [0.3, 0.4) is 0 Å². The van der Waals surface area contributed by atoms with Gasteiger partial charge in [0.1, 0.15) is 11.9 Å². The maximum absolute atomic E-state index is 9.36. The Morgan fingerprint density at radius 1 is 1.53 bits per heavy atom. The summed E-state index contributed by atoms with van der Waals surface area (Å²) in [4.78, 5) is 6.98. The topological polar surface area (TPSA) is 49.2 Å². The van der Waals surface area contributed by atoms with Crippen molar-refractivity contribution in [3.05, 3.63) is 22.9 Å². The van der Waals surface area contributed by atoms with Crippen molar-refractivity contribution in [2.24, 2.45) is 0 Å². The fourth-order valence-corrected chi connectivity index (χ4v) is 2.94. The summed E-state index contributed by atoms with van der Waals surface area (Å²) >= 11 is 0. The first-order valence-electron chi connectivity index (χ1n) is 7.11. The lowest BCUT2D eigenvalue weighted by molar-refractivity contribution is 0.0381. The van der Waals surface area contributed by atoms with Crippen LogP contribution in [0.2, 0.25) is 0 Å². The summed E-state index contributed by atoms with van der Waals surface area (Å²) in [6.07, 6.45) is 4.55. The molecule has 1 unspecified atom stereocenters. The molecule has 4 heteroatoms. The van der Waals surface area contributed by atoms with Crippen LogP contribution in [-0.2, 0) is 17.6 Å². The van der Waals surface area contributed by atoms with E-state index in [1.54, 1.807) is 0 Å². The van der Waals surface area contributed by atoms with Gasteiger partial charge in [-0.2, -0.15) is 5.26 Å². The summed E-state index contributed by atoms with van der Waals surface area (Å²) in [5.74, 6) is 0.866. The number of aryl methyl sites for hydroxylation is 2. The van der Waals surface area contributed by atoms with Gasteiger partial charge in [0.25, 0.3) is 0 Å². The molecule has 1 fully saturated rings. The Hall–Kier alpha value is -1.60. The van der Waals surface area contributed by atoms with E-state index >= 15 is 0 Å². The van der Waals surface area contributed by atoms with Crippen LogP contribution >= 0.6 is 0 Å². The lowest BCUT2D eigenvalue weighted by Gasteiger charge is -2.34. The number of rotatable bonds is 2. The maximum atomic E-state index is 9.36. The SMILES string of the molecule is CCC1CN(c2nc3c(cc2C#N)CCC3)CCO1. The molecule has 3 rings (SSSR count). The Morgan fingerprint density at radius 3 is 3.21 bits per heavy atom. The van der Waals surface area contributed by atoms with Gasteiger partial charge in [-0.15, -0.1) is 0 Å². The molecule has 0 radical (unpaired) electrons. The Labute approximate surface area is 114 Å². The molecule has 1 atom stereocenters. The summed E-state index contributed by atoms with van der Waals surface area (Å²) in [5.41, 5.74) is 3.17. The van der Waals surface area contributed by atoms with E-state index in [-0.39, 0.29) is 6.10 Å². The molecule has 1 aliphatic heterocycles. The molecule has 1 aromatic heterocycles. The number of fused-ring (bicyclic) bond motifs is 1. The maximum Gasteiger partial charge on any atom is 0.147 e. The minimum Gasteiger partial charge on any atom is -0.375 e. The van der Waals surface area contributed by atoms with Crippen LogP contribution in [0.25, 0.3) is 0 Å². The number of ether oxygens (including phenoxy) is 1. The minimum absolute atomic E-state index is 0.260. The molecule has 0 N–H and O–H groups in total. The van der Waals surface area contributed by atoms with Crippen LogP contribution in [0.5, 0.6) is 0 Å². The summed E-state index contributed by atoms with van der Waals surface area (Å²) in [6.45, 7) is 4.53. The van der Waals surface area contributed by atoms with Gasteiger partial charge < -0.3 is 9.64 Å². The molecule has 1 aliphatic carbocycles. The lowest BCUT2D eigenvalue weighted by Crippen LogP contribution is -2.43. The monoisotopic (exact) mass is 257 g/mol. The van der Waals surface area contributed by atoms with Crippen LogP contribution in [0.4, 0.5) is 5.82 Å². The quantitative estimate of drug-likeness (QED) is 0.813. The van der Waals surface area contributed by atoms with Gasteiger partial charge in [0.2, 0.25) is 0 Å². The first-order chi connectivity index (χ1) is 9.31. The predicted octanol–water partition coefficient (Wildman–Crippen LogP) is 2.06. The minimum atomic E-state index is 0.260. The van der Waals surface area contributed by atoms with E-state index in [1.165, 1.54) is 11.3 Å². The van der Waals surface area contributed by atoms with Gasteiger partial charge in [-0.05, 0) is 37.3 Å². The largest absolute Gasteiger partial charge is 0.375 e. The number of aromatic nitrogens is 1. The molecular weight excluding hydrogens is 238 g/mol. The van der Waals surface area contributed by atoms with Crippen molar-refractivity contribution >= 4 is 5.82 Å². The number of hydrogen-bond donors (Lipinski definition) is 0. The third-order valence-corrected chi connectivity index (χ3v) is 4.04. The fourth-order valence-electron chi connectivity index (χ4n) is 2.94. The van der Waals surface area contributed by atoms with E-state index in [2.05, 4.69) is 17.9 Å². The van der Waals surface area contributed by atoms with Crippen LogP contribution in [0, 0.1) is 11.3 Å². The molecule has 2 aliphatic rings. The molecule has 0 aromatic carbocycles. The van der Waals surface area contributed by atoms with Crippen LogP contribution in [0.1, 0.15) is 36.6 Å². The second-order valence-electron chi connectivity index (χ2n) is 5.28. The van der Waals surface area contributed by atoms with E-state index in [1.807, 2.05) is 6.07 Å². The normalized spacial score (nSPS) is 22.1. The Bertz CT molecular complexity index is 521. The zero-order chi connectivity index (χ0) is 13.2. The van der Waals surface area contributed by atoms with Crippen molar-refractivity contribution in [1.82, 2.24) is 4.98 Å². The Balaban J connectivity index is 1.93. The van der Waals surface area contributed by atoms with Crippen molar-refractivity contribution < 1.29 is 4.74 Å². The van der Waals surface area contributed by atoms with Gasteiger partial charge in [0.05, 0.1) is 18.3 Å². The average molecular weight is 257 g/mol. The predicted molar refractivity (Wildman–Crippen MR) is 73.2 cm³/mol. The van der Waals surface area contributed by atoms with Gasteiger partial charge in [-0.25, -0.2) is 4.98 Å². The first-order valence-corrected chi connectivity index (χ1v) is 7.11. The van der Waals surface area contributed by atoms with Crippen molar-refractivity contribution in [3.63, 3.8) is 0 Å². The second-order valence-corrected chi connectivity index (χ2v) is 5.28. The van der Waals surface area contributed by atoms with Crippen LogP contribution in [-0.4, -0.2) is 30.8 Å². The number of nitrogens with zero attached hydrogens (tertiary/aromatic N) is 3. The van der Waals surface area contributed by atoms with Crippen LogP contribution < -0.4 is 4.90 Å². The van der Waals surface area contributed by atoms with Crippen molar-refractivity contribution in [2.75, 3.05) is 24.6 Å². The number of nitriles is 1. The summed E-state index contributed by atoms with van der Waals surface area (Å²) in [7, 11) is 0. The van der Waals surface area contributed by atoms with Gasteiger partial charge in [0, 0.05) is 18.8 Å². The summed E-state index contributed by atoms with van der Waals surface area (Å²) in [6, 6.07) is 4.35. The third-order valence-electron chi connectivity index (χ3n) is 4.04. The molecule has 0 amide bonds. The molecule has 2 heterocycles. The summed E-state index contributed by atoms with van der Waals surface area (Å²) in [5, 5.41) is 9.36. The van der Waals surface area contributed by atoms with E-state index in [0.717, 1.165) is 56.8 Å². The second kappa shape index (κ2) is 5.18. The molecule has 0 spiro atoms. The molecule has 19 heavy (non-hydrogen) atoms. The zero-order valence-electron chi connectivity index (χ0n) is 11.4. The van der Waals surface area contributed by atoms with Crippen LogP contribution in [0.15, 0.2) is 6.07 Å². The third kappa shape index (κ3) is 2.31. The lowest BCUT2D eigenvalue weighted by atomic mass is 10.1. The van der Waals surface area contributed by atoms with Gasteiger partial charge in [-0.1, -0.05) is 6.92 Å². The van der Waals surface area contributed by atoms with Crippen molar-refractivity contribution in [1.29, 1.82) is 5.26 Å². The number of hydrogen-bond acceptors (Lipinski definition) is 4. The van der Waals surface area contributed by atoms with Crippen molar-refractivity contribution in [2.45, 2.75) is 38.7 Å². The highest BCUT2D eigenvalue weighted by atomic mass is 16.5. The highest BCUT2D eigenvalue weighted by Crippen LogP contribution is 2.28. The fraction of sp³-hybridized carbons (Fsp3) is 0.600. The van der Waals surface area contributed by atoms with Gasteiger partial charge in [-0.3, -0.25) is 0 Å². The highest BCUT2D eigenvalue weighted by molar-refractivity contribution is 5.57. The van der Waals surface area contributed by atoms with Gasteiger partial charge >= 0.3 is 0 Å². The van der Waals surface area contributed by atoms with E-state index in [9.17, 15) is 5.26 Å².